The Labute approximate surface area is 139 Å². The fraction of sp³-hybridized carbons (Fsp3) is 0.467. The molecule has 0 aromatic heterocycles. The lowest BCUT2D eigenvalue weighted by molar-refractivity contribution is -0.128. The van der Waals surface area contributed by atoms with Crippen LogP contribution in [0, 0.1) is 0 Å². The predicted molar refractivity (Wildman–Crippen MR) is 85.4 cm³/mol. The summed E-state index contributed by atoms with van der Waals surface area (Å²) in [5, 5.41) is 6.27. The second kappa shape index (κ2) is 7.20. The highest BCUT2D eigenvalue weighted by molar-refractivity contribution is 6.43. The Balaban J connectivity index is 2.21. The third-order valence-corrected chi connectivity index (χ3v) is 4.26. The Morgan fingerprint density at radius 1 is 1.36 bits per heavy atom. The first-order valence-corrected chi connectivity index (χ1v) is 7.84. The molecule has 2 atom stereocenters. The minimum Gasteiger partial charge on any atom is -0.492 e. The number of nitrogens with one attached hydrogen (secondary N) is 2. The van der Waals surface area contributed by atoms with Gasteiger partial charge in [-0.15, -0.1) is 0 Å². The van der Waals surface area contributed by atoms with Crippen molar-refractivity contribution < 1.29 is 14.3 Å². The number of benzene rings is 1. The molecular weight excluding hydrogens is 327 g/mol. The first-order valence-electron chi connectivity index (χ1n) is 7.08. The van der Waals surface area contributed by atoms with E-state index in [0.29, 0.717) is 22.4 Å². The van der Waals surface area contributed by atoms with Crippen molar-refractivity contribution in [3.05, 3.63) is 27.7 Å². The fourth-order valence-corrected chi connectivity index (χ4v) is 2.78. The van der Waals surface area contributed by atoms with Crippen LogP contribution in [0.1, 0.15) is 38.3 Å². The van der Waals surface area contributed by atoms with E-state index in [0.717, 1.165) is 18.4 Å². The van der Waals surface area contributed by atoms with Gasteiger partial charge in [0.05, 0.1) is 17.7 Å². The molecule has 1 aliphatic rings. The van der Waals surface area contributed by atoms with Gasteiger partial charge in [0.2, 0.25) is 11.8 Å². The van der Waals surface area contributed by atoms with Crippen molar-refractivity contribution in [2.75, 3.05) is 6.61 Å². The summed E-state index contributed by atoms with van der Waals surface area (Å²) < 4.78 is 5.66. The maximum atomic E-state index is 12.2. The van der Waals surface area contributed by atoms with E-state index in [1.165, 1.54) is 6.92 Å². The summed E-state index contributed by atoms with van der Waals surface area (Å²) in [5.41, 5.74) is 0.801. The molecular formula is C15H18Cl2N2O3. The fourth-order valence-electron chi connectivity index (χ4n) is 2.40. The second-order valence-electron chi connectivity index (χ2n) is 5.25. The highest BCUT2D eigenvalue weighted by Gasteiger charge is 2.26. The van der Waals surface area contributed by atoms with Crippen LogP contribution in [0.4, 0.5) is 0 Å². The van der Waals surface area contributed by atoms with Gasteiger partial charge in [0, 0.05) is 12.5 Å². The summed E-state index contributed by atoms with van der Waals surface area (Å²) in [6.45, 7) is 3.53. The van der Waals surface area contributed by atoms with Gasteiger partial charge < -0.3 is 15.4 Å². The van der Waals surface area contributed by atoms with E-state index in [2.05, 4.69) is 10.6 Å². The summed E-state index contributed by atoms with van der Waals surface area (Å²) in [7, 11) is 0. The Kier molecular flexibility index (Phi) is 5.53. The van der Waals surface area contributed by atoms with E-state index in [1.54, 1.807) is 13.0 Å². The summed E-state index contributed by atoms with van der Waals surface area (Å²) in [6.07, 6.45) is 1.51. The van der Waals surface area contributed by atoms with Crippen molar-refractivity contribution >= 4 is 35.0 Å². The average Bonchev–Trinajstić information content (AvgIpc) is 2.65. The third-order valence-electron chi connectivity index (χ3n) is 3.47. The number of carbonyl (C=O) groups is 2. The van der Waals surface area contributed by atoms with Crippen molar-refractivity contribution in [3.63, 3.8) is 0 Å². The minimum atomic E-state index is -0.604. The molecule has 7 heteroatoms. The monoisotopic (exact) mass is 344 g/mol. The Bertz CT molecular complexity index is 592. The van der Waals surface area contributed by atoms with Crippen LogP contribution >= 0.6 is 23.2 Å². The van der Waals surface area contributed by atoms with Crippen LogP contribution in [0.5, 0.6) is 5.75 Å². The zero-order valence-electron chi connectivity index (χ0n) is 12.4. The molecule has 0 fully saturated rings. The molecule has 5 nitrogen and oxygen atoms in total. The van der Waals surface area contributed by atoms with Gasteiger partial charge in [0.15, 0.2) is 0 Å². The van der Waals surface area contributed by atoms with E-state index in [-0.39, 0.29) is 17.9 Å². The van der Waals surface area contributed by atoms with Crippen LogP contribution in [0.3, 0.4) is 0 Å². The molecule has 0 unspecified atom stereocenters. The molecule has 1 aliphatic heterocycles. The number of rotatable bonds is 3. The average molecular weight is 345 g/mol. The molecule has 2 amide bonds. The van der Waals surface area contributed by atoms with Gasteiger partial charge in [0.25, 0.3) is 0 Å². The Hall–Kier alpha value is -1.46. The SMILES string of the molecule is CC(=O)N[C@H](C)C(=O)N[C@H]1CCCOc2c1ccc(Cl)c2Cl. The van der Waals surface area contributed by atoms with Gasteiger partial charge in [0.1, 0.15) is 16.8 Å². The van der Waals surface area contributed by atoms with Crippen molar-refractivity contribution in [1.29, 1.82) is 0 Å². The van der Waals surface area contributed by atoms with Crippen LogP contribution in [0.15, 0.2) is 12.1 Å². The van der Waals surface area contributed by atoms with E-state index in [9.17, 15) is 9.59 Å². The Morgan fingerprint density at radius 3 is 2.77 bits per heavy atom. The Morgan fingerprint density at radius 2 is 2.09 bits per heavy atom. The number of hydrogen-bond acceptors (Lipinski definition) is 3. The van der Waals surface area contributed by atoms with Gasteiger partial charge >= 0.3 is 0 Å². The van der Waals surface area contributed by atoms with E-state index >= 15 is 0 Å². The molecule has 0 saturated carbocycles. The first-order chi connectivity index (χ1) is 10.4. The topological polar surface area (TPSA) is 67.4 Å². The predicted octanol–water partition coefficient (Wildman–Crippen LogP) is 2.85. The molecule has 1 heterocycles. The third kappa shape index (κ3) is 3.84. The van der Waals surface area contributed by atoms with Crippen LogP contribution in [0.25, 0.3) is 0 Å². The molecule has 2 rings (SSSR count). The molecule has 1 aromatic rings. The number of fused-ring (bicyclic) bond motifs is 1. The summed E-state index contributed by atoms with van der Waals surface area (Å²) in [5.74, 6) is 0.0188. The van der Waals surface area contributed by atoms with Gasteiger partial charge in [-0.25, -0.2) is 0 Å². The van der Waals surface area contributed by atoms with Crippen molar-refractivity contribution in [1.82, 2.24) is 10.6 Å². The van der Waals surface area contributed by atoms with Gasteiger partial charge in [-0.05, 0) is 25.8 Å². The highest BCUT2D eigenvalue weighted by atomic mass is 35.5. The number of hydrogen-bond donors (Lipinski definition) is 2. The van der Waals surface area contributed by atoms with Crippen molar-refractivity contribution in [3.8, 4) is 5.75 Å². The normalized spacial score (nSPS) is 18.5. The maximum Gasteiger partial charge on any atom is 0.242 e. The lowest BCUT2D eigenvalue weighted by Crippen LogP contribution is -2.45. The highest BCUT2D eigenvalue weighted by Crippen LogP contribution is 2.40. The molecule has 0 radical (unpaired) electrons. The molecule has 0 spiro atoms. The van der Waals surface area contributed by atoms with Crippen LogP contribution in [-0.4, -0.2) is 24.5 Å². The summed E-state index contributed by atoms with van der Waals surface area (Å²) in [6, 6.07) is 2.67. The van der Waals surface area contributed by atoms with E-state index in [4.69, 9.17) is 27.9 Å². The second-order valence-corrected chi connectivity index (χ2v) is 6.04. The number of carbonyl (C=O) groups excluding carboxylic acids is 2. The number of halogens is 2. The van der Waals surface area contributed by atoms with Crippen LogP contribution in [0.2, 0.25) is 10.0 Å². The molecule has 2 N–H and O–H groups in total. The molecule has 120 valence electrons. The molecule has 0 bridgehead atoms. The molecule has 22 heavy (non-hydrogen) atoms. The summed E-state index contributed by atoms with van der Waals surface area (Å²) in [4.78, 5) is 23.2. The van der Waals surface area contributed by atoms with Crippen molar-refractivity contribution in [2.45, 2.75) is 38.8 Å². The molecule has 0 saturated heterocycles. The standard InChI is InChI=1S/C15H18Cl2N2O3/c1-8(18-9(2)20)15(21)19-12-4-3-7-22-14-10(12)5-6-11(16)13(14)17/h5-6,8,12H,3-4,7H2,1-2H3,(H,18,20)(H,19,21)/t8-,12+/m1/s1. The van der Waals surface area contributed by atoms with Gasteiger partial charge in [-0.1, -0.05) is 29.3 Å². The maximum absolute atomic E-state index is 12.2. The zero-order chi connectivity index (χ0) is 16.3. The van der Waals surface area contributed by atoms with E-state index < -0.39 is 6.04 Å². The molecule has 0 aliphatic carbocycles. The lowest BCUT2D eigenvalue weighted by Gasteiger charge is -2.21. The van der Waals surface area contributed by atoms with Crippen LogP contribution < -0.4 is 15.4 Å². The first kappa shape index (κ1) is 16.9. The number of amides is 2. The van der Waals surface area contributed by atoms with Gasteiger partial charge in [-0.2, -0.15) is 0 Å². The van der Waals surface area contributed by atoms with Crippen molar-refractivity contribution in [2.24, 2.45) is 0 Å². The lowest BCUT2D eigenvalue weighted by atomic mass is 10.0. The van der Waals surface area contributed by atoms with Crippen LogP contribution in [-0.2, 0) is 9.59 Å². The number of ether oxygens (including phenoxy) is 1. The van der Waals surface area contributed by atoms with Gasteiger partial charge in [-0.3, -0.25) is 9.59 Å². The van der Waals surface area contributed by atoms with E-state index in [1.807, 2.05) is 6.07 Å². The molecule has 1 aromatic carbocycles. The smallest absolute Gasteiger partial charge is 0.242 e. The quantitative estimate of drug-likeness (QED) is 0.885. The largest absolute Gasteiger partial charge is 0.492 e. The summed E-state index contributed by atoms with van der Waals surface area (Å²) >= 11 is 12.2. The minimum absolute atomic E-state index is 0.226. The zero-order valence-corrected chi connectivity index (χ0v) is 13.9.